The largest absolute Gasteiger partial charge is 0.381 e. The molecular formula is C33H41Cl2F2N5O2. The van der Waals surface area contributed by atoms with Gasteiger partial charge in [-0.1, -0.05) is 57.0 Å². The molecule has 0 saturated heterocycles. The first-order valence-electron chi connectivity index (χ1n) is 15.3. The highest BCUT2D eigenvalue weighted by molar-refractivity contribution is 6.36. The zero-order valence-corrected chi connectivity index (χ0v) is 27.4. The predicted octanol–water partition coefficient (Wildman–Crippen LogP) is 7.65. The van der Waals surface area contributed by atoms with E-state index in [-0.39, 0.29) is 37.2 Å². The van der Waals surface area contributed by atoms with E-state index in [1.54, 1.807) is 18.2 Å². The first-order valence-corrected chi connectivity index (χ1v) is 16.1. The molecule has 0 atom stereocenters. The third-order valence-corrected chi connectivity index (χ3v) is 9.70. The molecule has 5 rings (SSSR count). The molecule has 1 heterocycles. The number of hydrogen-bond donors (Lipinski definition) is 3. The third-order valence-electron chi connectivity index (χ3n) is 8.88. The summed E-state index contributed by atoms with van der Waals surface area (Å²) in [6.45, 7) is 8.02. The number of nitrogens with zero attached hydrogens (tertiary/aromatic N) is 2. The van der Waals surface area contributed by atoms with Gasteiger partial charge in [0.2, 0.25) is 5.91 Å². The van der Waals surface area contributed by atoms with Crippen molar-refractivity contribution in [3.8, 4) is 0 Å². The summed E-state index contributed by atoms with van der Waals surface area (Å²) in [5.74, 6) is -1.70. The van der Waals surface area contributed by atoms with E-state index in [0.717, 1.165) is 36.8 Å². The second-order valence-corrected chi connectivity index (χ2v) is 14.4. The van der Waals surface area contributed by atoms with Crippen LogP contribution in [0.2, 0.25) is 10.0 Å². The summed E-state index contributed by atoms with van der Waals surface area (Å²) >= 11 is 13.4. The van der Waals surface area contributed by atoms with Gasteiger partial charge in [-0.3, -0.25) is 9.59 Å². The molecule has 0 spiro atoms. The van der Waals surface area contributed by atoms with Gasteiger partial charge in [-0.25, -0.2) is 13.8 Å². The number of amides is 2. The van der Waals surface area contributed by atoms with Gasteiger partial charge in [0.1, 0.15) is 5.82 Å². The molecule has 238 valence electrons. The number of carbonyl (C=O) groups is 2. The van der Waals surface area contributed by atoms with E-state index in [4.69, 9.17) is 28.2 Å². The molecular weight excluding hydrogens is 607 g/mol. The lowest BCUT2D eigenvalue weighted by molar-refractivity contribution is -0.128. The molecule has 11 heteroatoms. The van der Waals surface area contributed by atoms with Gasteiger partial charge in [-0.15, -0.1) is 0 Å². The smallest absolute Gasteiger partial charge is 0.253 e. The fraction of sp³-hybridized carbons (Fsp3) is 0.545. The van der Waals surface area contributed by atoms with Crippen LogP contribution in [0.25, 0.3) is 11.0 Å². The Hall–Kier alpha value is -2.91. The van der Waals surface area contributed by atoms with E-state index in [1.807, 2.05) is 38.5 Å². The zero-order valence-electron chi connectivity index (χ0n) is 25.9. The number of rotatable bonds is 8. The van der Waals surface area contributed by atoms with Gasteiger partial charge in [-0.2, -0.15) is 0 Å². The van der Waals surface area contributed by atoms with Crippen molar-refractivity contribution in [2.75, 3.05) is 5.32 Å². The zero-order chi connectivity index (χ0) is 32.0. The Bertz CT molecular complexity index is 1570. The minimum atomic E-state index is -2.69. The maximum atomic E-state index is 13.7. The molecule has 1 aromatic heterocycles. The van der Waals surface area contributed by atoms with Gasteiger partial charge >= 0.3 is 0 Å². The second kappa shape index (κ2) is 12.5. The van der Waals surface area contributed by atoms with Crippen LogP contribution in [-0.2, 0) is 24.8 Å². The fourth-order valence-electron chi connectivity index (χ4n) is 5.95. The summed E-state index contributed by atoms with van der Waals surface area (Å²) in [5, 5.41) is 10.2. The molecule has 3 aromatic rings. The monoisotopic (exact) mass is 647 g/mol. The quantitative estimate of drug-likeness (QED) is 0.234. The summed E-state index contributed by atoms with van der Waals surface area (Å²) < 4.78 is 29.3. The van der Waals surface area contributed by atoms with Crippen LogP contribution < -0.4 is 16.0 Å². The number of benzene rings is 2. The number of aromatic nitrogens is 2. The lowest BCUT2D eigenvalue weighted by Crippen LogP contribution is -2.45. The number of nitrogens with one attached hydrogen (secondary N) is 3. The first kappa shape index (κ1) is 32.5. The fourth-order valence-corrected chi connectivity index (χ4v) is 6.52. The minimum absolute atomic E-state index is 0.0827. The molecule has 2 fully saturated rings. The van der Waals surface area contributed by atoms with E-state index in [9.17, 15) is 18.4 Å². The molecule has 2 saturated carbocycles. The molecule has 0 aliphatic heterocycles. The van der Waals surface area contributed by atoms with Crippen LogP contribution in [0.15, 0.2) is 24.3 Å². The average Bonchev–Trinajstić information content (AvgIpc) is 3.23. The van der Waals surface area contributed by atoms with Gasteiger partial charge in [0.15, 0.2) is 0 Å². The van der Waals surface area contributed by atoms with Crippen LogP contribution in [0.1, 0.15) is 93.5 Å². The molecule has 0 bridgehead atoms. The Morgan fingerprint density at radius 2 is 1.75 bits per heavy atom. The number of alkyl halides is 2. The SMILES string of the molecule is CC1CCC(NC(=O)c2cc3nc(Cc4c(Cl)ccc(CNC(=O)C(C)(C)C)c4Cl)n(C)c3cc2NC2CC(F)(F)C2)CC1. The molecule has 2 aliphatic carbocycles. The summed E-state index contributed by atoms with van der Waals surface area (Å²) in [4.78, 5) is 30.8. The topological polar surface area (TPSA) is 88.1 Å². The van der Waals surface area contributed by atoms with Crippen LogP contribution in [0.3, 0.4) is 0 Å². The van der Waals surface area contributed by atoms with E-state index in [2.05, 4.69) is 22.9 Å². The molecule has 0 radical (unpaired) electrons. The predicted molar refractivity (Wildman–Crippen MR) is 172 cm³/mol. The number of fused-ring (bicyclic) bond motifs is 1. The van der Waals surface area contributed by atoms with Crippen LogP contribution in [0.5, 0.6) is 0 Å². The van der Waals surface area contributed by atoms with Crippen molar-refractivity contribution in [3.63, 3.8) is 0 Å². The summed E-state index contributed by atoms with van der Waals surface area (Å²) in [6.07, 6.45) is 3.72. The molecule has 7 nitrogen and oxygen atoms in total. The standard InChI is InChI=1S/C33H41Cl2F2N5O2/c1-18-6-9-20(10-7-18)40-30(43)23-12-26-27(14-25(23)39-21-15-33(36,37)16-21)42(5)28(41-26)13-22-24(34)11-8-19(29(22)35)17-38-31(44)32(2,3)4/h8,11-12,14,18,20-21,39H,6-7,9-10,13,15-17H2,1-5H3,(H,38,44)(H,40,43). The molecule has 2 aromatic carbocycles. The van der Waals surface area contributed by atoms with E-state index >= 15 is 0 Å². The van der Waals surface area contributed by atoms with E-state index < -0.39 is 17.4 Å². The molecule has 3 N–H and O–H groups in total. The Morgan fingerprint density at radius 3 is 2.39 bits per heavy atom. The number of halogens is 4. The van der Waals surface area contributed by atoms with Gasteiger partial charge in [0.05, 0.1) is 21.6 Å². The lowest BCUT2D eigenvalue weighted by atomic mass is 9.87. The number of hydrogen-bond acceptors (Lipinski definition) is 4. The minimum Gasteiger partial charge on any atom is -0.381 e. The summed E-state index contributed by atoms with van der Waals surface area (Å²) in [5.41, 5.74) is 3.14. The maximum absolute atomic E-state index is 13.7. The highest BCUT2D eigenvalue weighted by atomic mass is 35.5. The highest BCUT2D eigenvalue weighted by Gasteiger charge is 2.45. The van der Waals surface area contributed by atoms with Gasteiger partial charge in [-0.05, 0) is 60.9 Å². The Morgan fingerprint density at radius 1 is 1.07 bits per heavy atom. The highest BCUT2D eigenvalue weighted by Crippen LogP contribution is 2.40. The van der Waals surface area contributed by atoms with Crippen molar-refractivity contribution in [1.82, 2.24) is 20.2 Å². The Balaban J connectivity index is 1.44. The maximum Gasteiger partial charge on any atom is 0.253 e. The van der Waals surface area contributed by atoms with Crippen LogP contribution in [0.4, 0.5) is 14.5 Å². The Labute approximate surface area is 267 Å². The van der Waals surface area contributed by atoms with Crippen LogP contribution >= 0.6 is 23.2 Å². The Kier molecular flexibility index (Phi) is 9.21. The van der Waals surface area contributed by atoms with Crippen LogP contribution in [0, 0.1) is 11.3 Å². The van der Waals surface area contributed by atoms with Crippen molar-refractivity contribution in [1.29, 1.82) is 0 Å². The van der Waals surface area contributed by atoms with Gasteiger partial charge in [0.25, 0.3) is 11.8 Å². The van der Waals surface area contributed by atoms with Crippen molar-refractivity contribution < 1.29 is 18.4 Å². The first-order chi connectivity index (χ1) is 20.6. The summed E-state index contributed by atoms with van der Waals surface area (Å²) in [7, 11) is 1.87. The van der Waals surface area contributed by atoms with Crippen LogP contribution in [-0.4, -0.2) is 39.4 Å². The van der Waals surface area contributed by atoms with Crippen molar-refractivity contribution in [3.05, 3.63) is 56.8 Å². The second-order valence-electron chi connectivity index (χ2n) is 13.6. The normalized spacial score (nSPS) is 20.3. The number of anilines is 1. The molecule has 2 aliphatic rings. The van der Waals surface area contributed by atoms with Crippen molar-refractivity contribution >= 4 is 51.7 Å². The molecule has 44 heavy (non-hydrogen) atoms. The van der Waals surface area contributed by atoms with Crippen molar-refractivity contribution in [2.45, 2.75) is 97.2 Å². The van der Waals surface area contributed by atoms with Crippen molar-refractivity contribution in [2.24, 2.45) is 18.4 Å². The van der Waals surface area contributed by atoms with E-state index in [0.29, 0.717) is 50.5 Å². The third kappa shape index (κ3) is 7.15. The number of imidazole rings is 1. The molecule has 0 unspecified atom stereocenters. The van der Waals surface area contributed by atoms with Gasteiger partial charge in [0, 0.05) is 61.1 Å². The number of carbonyl (C=O) groups excluding carboxylic acids is 2. The average molecular weight is 649 g/mol. The van der Waals surface area contributed by atoms with E-state index in [1.165, 1.54) is 0 Å². The van der Waals surface area contributed by atoms with Gasteiger partial charge < -0.3 is 20.5 Å². The molecule has 2 amide bonds. The summed E-state index contributed by atoms with van der Waals surface area (Å²) in [6, 6.07) is 6.78. The number of aryl methyl sites for hydroxylation is 1. The lowest BCUT2D eigenvalue weighted by Gasteiger charge is -2.36.